The zero-order valence-electron chi connectivity index (χ0n) is 24.4. The number of hydrogen-bond acceptors (Lipinski definition) is 3. The summed E-state index contributed by atoms with van der Waals surface area (Å²) < 4.78 is 13.2. The summed E-state index contributed by atoms with van der Waals surface area (Å²) in [6, 6.07) is 57.2. The van der Waals surface area contributed by atoms with Crippen LogP contribution in [0.4, 0.5) is 17.1 Å². The molecular weight excluding hydrogens is 550 g/mol. The third-order valence-corrected chi connectivity index (χ3v) is 8.68. The van der Waals surface area contributed by atoms with E-state index in [-0.39, 0.29) is 0 Å². The lowest BCUT2D eigenvalue weighted by molar-refractivity contribution is 0.663. The van der Waals surface area contributed by atoms with Crippen molar-refractivity contribution in [1.82, 2.24) is 0 Å². The second-order valence-electron chi connectivity index (χ2n) is 11.3. The van der Waals surface area contributed by atoms with Gasteiger partial charge in [0.05, 0.1) is 11.1 Å². The first-order valence-corrected chi connectivity index (χ1v) is 15.2. The zero-order valence-corrected chi connectivity index (χ0v) is 24.4. The number of furan rings is 2. The van der Waals surface area contributed by atoms with Crippen LogP contribution >= 0.6 is 0 Å². The monoisotopic (exact) mass is 577 g/mol. The third-order valence-electron chi connectivity index (χ3n) is 8.68. The second-order valence-corrected chi connectivity index (χ2v) is 11.3. The highest BCUT2D eigenvalue weighted by atomic mass is 16.3. The highest BCUT2D eigenvalue weighted by Crippen LogP contribution is 2.47. The summed E-state index contributed by atoms with van der Waals surface area (Å²) in [7, 11) is 0. The van der Waals surface area contributed by atoms with Gasteiger partial charge in [-0.15, -0.1) is 0 Å². The van der Waals surface area contributed by atoms with E-state index in [4.69, 9.17) is 8.83 Å². The van der Waals surface area contributed by atoms with Crippen molar-refractivity contribution in [3.05, 3.63) is 164 Å². The Morgan fingerprint density at radius 3 is 1.49 bits per heavy atom. The molecule has 2 aromatic heterocycles. The predicted octanol–water partition coefficient (Wildman–Crippen LogP) is 12.3. The van der Waals surface area contributed by atoms with Gasteiger partial charge >= 0.3 is 0 Å². The van der Waals surface area contributed by atoms with Gasteiger partial charge in [0.1, 0.15) is 16.7 Å². The summed E-state index contributed by atoms with van der Waals surface area (Å²) in [5.41, 5.74) is 11.2. The number of anilines is 3. The molecule has 0 bridgehead atoms. The molecule has 2 heterocycles. The smallest absolute Gasteiger partial charge is 0.163 e. The number of benzene rings is 7. The molecule has 45 heavy (non-hydrogen) atoms. The summed E-state index contributed by atoms with van der Waals surface area (Å²) in [4.78, 5) is 2.29. The fourth-order valence-electron chi connectivity index (χ4n) is 6.51. The summed E-state index contributed by atoms with van der Waals surface area (Å²) in [5, 5.41) is 4.19. The summed E-state index contributed by atoms with van der Waals surface area (Å²) in [5.74, 6) is 0. The van der Waals surface area contributed by atoms with Crippen molar-refractivity contribution in [2.75, 3.05) is 4.90 Å². The van der Waals surface area contributed by atoms with Gasteiger partial charge in [-0.1, -0.05) is 121 Å². The molecule has 0 unspecified atom stereocenters. The van der Waals surface area contributed by atoms with Gasteiger partial charge in [-0.2, -0.15) is 0 Å². The molecule has 0 fully saturated rings. The van der Waals surface area contributed by atoms with Crippen LogP contribution in [0.1, 0.15) is 0 Å². The van der Waals surface area contributed by atoms with Crippen LogP contribution in [0, 0.1) is 0 Å². The lowest BCUT2D eigenvalue weighted by Crippen LogP contribution is -2.10. The van der Waals surface area contributed by atoms with Crippen molar-refractivity contribution < 1.29 is 8.83 Å². The Morgan fingerprint density at radius 1 is 0.356 bits per heavy atom. The Kier molecular flexibility index (Phi) is 5.82. The summed E-state index contributed by atoms with van der Waals surface area (Å²) in [6.07, 6.45) is 0. The van der Waals surface area contributed by atoms with Gasteiger partial charge < -0.3 is 13.7 Å². The van der Waals surface area contributed by atoms with Crippen LogP contribution in [-0.2, 0) is 0 Å². The highest BCUT2D eigenvalue weighted by Gasteiger charge is 2.24. The Hall–Kier alpha value is -6.06. The van der Waals surface area contributed by atoms with E-state index in [0.717, 1.165) is 66.5 Å². The molecule has 212 valence electrons. The predicted molar refractivity (Wildman–Crippen MR) is 187 cm³/mol. The Morgan fingerprint density at radius 2 is 0.822 bits per heavy atom. The van der Waals surface area contributed by atoms with Gasteiger partial charge in [-0.05, 0) is 64.7 Å². The van der Waals surface area contributed by atoms with Crippen LogP contribution in [0.5, 0.6) is 0 Å². The van der Waals surface area contributed by atoms with Crippen LogP contribution in [0.2, 0.25) is 0 Å². The van der Waals surface area contributed by atoms with Gasteiger partial charge in [0.2, 0.25) is 0 Å². The molecule has 7 aromatic carbocycles. The van der Waals surface area contributed by atoms with Crippen molar-refractivity contribution in [3.63, 3.8) is 0 Å². The molecule has 0 aliphatic rings. The van der Waals surface area contributed by atoms with Gasteiger partial charge in [-0.25, -0.2) is 0 Å². The molecule has 0 radical (unpaired) electrons. The van der Waals surface area contributed by atoms with E-state index in [1.165, 1.54) is 16.7 Å². The quantitative estimate of drug-likeness (QED) is 0.204. The first-order valence-electron chi connectivity index (χ1n) is 15.2. The Labute approximate surface area is 260 Å². The fourth-order valence-corrected chi connectivity index (χ4v) is 6.51. The van der Waals surface area contributed by atoms with Gasteiger partial charge in [-0.3, -0.25) is 0 Å². The van der Waals surface area contributed by atoms with Gasteiger partial charge in [0, 0.05) is 27.5 Å². The van der Waals surface area contributed by atoms with E-state index in [2.05, 4.69) is 132 Å². The minimum Gasteiger partial charge on any atom is -0.455 e. The number of rotatable bonds is 5. The molecule has 0 saturated carbocycles. The minimum atomic E-state index is 0.798. The SMILES string of the molecule is c1ccc(-c2ccc(-c3ccc(N(c4ccccc4)c4cc5c6ccccc6oc5c5c4oc4ccccc45)cc3)cc2)cc1. The number of hydrogen-bond donors (Lipinski definition) is 0. The molecule has 0 saturated heterocycles. The van der Waals surface area contributed by atoms with Crippen molar-refractivity contribution in [3.8, 4) is 22.3 Å². The fraction of sp³-hybridized carbons (Fsp3) is 0. The van der Waals surface area contributed by atoms with E-state index in [1.807, 2.05) is 36.4 Å². The largest absolute Gasteiger partial charge is 0.455 e. The first kappa shape index (κ1) is 25.4. The average Bonchev–Trinajstić information content (AvgIpc) is 3.69. The van der Waals surface area contributed by atoms with E-state index < -0.39 is 0 Å². The molecule has 0 N–H and O–H groups in total. The molecule has 3 heteroatoms. The van der Waals surface area contributed by atoms with Crippen LogP contribution in [0.3, 0.4) is 0 Å². The Bertz CT molecular complexity index is 2450. The standard InChI is InChI=1S/C42H27NO2/c1-3-11-28(12-4-1)29-19-21-30(22-20-29)31-23-25-33(26-24-31)43(32-13-5-2-6-14-32)37-27-36-34-15-7-9-17-38(34)44-41(36)40-35-16-8-10-18-39(35)45-42(37)40/h1-27H. The highest BCUT2D eigenvalue weighted by molar-refractivity contribution is 6.25. The molecule has 0 spiro atoms. The minimum absolute atomic E-state index is 0.798. The van der Waals surface area contributed by atoms with E-state index in [1.54, 1.807) is 0 Å². The molecule has 0 aliphatic carbocycles. The van der Waals surface area contributed by atoms with Gasteiger partial charge in [0.25, 0.3) is 0 Å². The Balaban J connectivity index is 1.23. The van der Waals surface area contributed by atoms with E-state index in [0.29, 0.717) is 0 Å². The lowest BCUT2D eigenvalue weighted by Gasteiger charge is -2.26. The number of para-hydroxylation sites is 3. The average molecular weight is 578 g/mol. The molecule has 0 aliphatic heterocycles. The third kappa shape index (κ3) is 4.21. The maximum absolute atomic E-state index is 6.65. The van der Waals surface area contributed by atoms with Crippen LogP contribution in [0.25, 0.3) is 66.1 Å². The van der Waals surface area contributed by atoms with Crippen LogP contribution < -0.4 is 4.90 Å². The van der Waals surface area contributed by atoms with Crippen molar-refractivity contribution in [2.45, 2.75) is 0 Å². The normalized spacial score (nSPS) is 11.6. The van der Waals surface area contributed by atoms with E-state index >= 15 is 0 Å². The number of fused-ring (bicyclic) bond motifs is 7. The van der Waals surface area contributed by atoms with Crippen molar-refractivity contribution in [2.24, 2.45) is 0 Å². The van der Waals surface area contributed by atoms with Crippen LogP contribution in [-0.4, -0.2) is 0 Å². The maximum Gasteiger partial charge on any atom is 0.163 e. The van der Waals surface area contributed by atoms with Crippen molar-refractivity contribution in [1.29, 1.82) is 0 Å². The second kappa shape index (κ2) is 10.3. The molecule has 3 nitrogen and oxygen atoms in total. The topological polar surface area (TPSA) is 29.5 Å². The molecular formula is C42H27NO2. The molecule has 9 rings (SSSR count). The lowest BCUT2D eigenvalue weighted by atomic mass is 10.00. The van der Waals surface area contributed by atoms with E-state index in [9.17, 15) is 0 Å². The number of nitrogens with zero attached hydrogens (tertiary/aromatic N) is 1. The molecule has 0 atom stereocenters. The first-order chi connectivity index (χ1) is 22.3. The summed E-state index contributed by atoms with van der Waals surface area (Å²) in [6.45, 7) is 0. The molecule has 0 amide bonds. The maximum atomic E-state index is 6.65. The summed E-state index contributed by atoms with van der Waals surface area (Å²) >= 11 is 0. The van der Waals surface area contributed by atoms with Gasteiger partial charge in [0.15, 0.2) is 5.58 Å². The van der Waals surface area contributed by atoms with Crippen molar-refractivity contribution >= 4 is 60.9 Å². The van der Waals surface area contributed by atoms with Crippen LogP contribution in [0.15, 0.2) is 173 Å². The zero-order chi connectivity index (χ0) is 29.7. The molecule has 9 aromatic rings.